The maximum Gasteiger partial charge on any atom is 0.488 e. The summed E-state index contributed by atoms with van der Waals surface area (Å²) in [7, 11) is -1.75. The summed E-state index contributed by atoms with van der Waals surface area (Å²) in [6.45, 7) is 0.138. The van der Waals surface area contributed by atoms with Crippen molar-refractivity contribution in [1.29, 1.82) is 0 Å². The van der Waals surface area contributed by atoms with Crippen molar-refractivity contribution < 1.29 is 24.3 Å². The first kappa shape index (κ1) is 13.4. The Morgan fingerprint density at radius 2 is 1.89 bits per heavy atom. The van der Waals surface area contributed by atoms with Crippen LogP contribution in [-0.4, -0.2) is 22.3 Å². The van der Waals surface area contributed by atoms with E-state index in [1.54, 1.807) is 12.1 Å². The molecule has 0 saturated heterocycles. The van der Waals surface area contributed by atoms with E-state index in [0.29, 0.717) is 0 Å². The highest BCUT2D eigenvalue weighted by Crippen LogP contribution is 2.16. The van der Waals surface area contributed by atoms with Gasteiger partial charge in [-0.2, -0.15) is 0 Å². The van der Waals surface area contributed by atoms with Crippen molar-refractivity contribution in [1.82, 2.24) is 0 Å². The van der Waals surface area contributed by atoms with E-state index in [-0.39, 0.29) is 23.6 Å². The molecule has 2 rings (SSSR count). The third-order valence-electron chi connectivity index (χ3n) is 2.51. The van der Waals surface area contributed by atoms with Crippen molar-refractivity contribution in [3.63, 3.8) is 0 Å². The predicted molar refractivity (Wildman–Crippen MR) is 68.7 cm³/mol. The highest BCUT2D eigenvalue weighted by molar-refractivity contribution is 6.58. The molecular weight excluding hydrogens is 250 g/mol. The number of halogens is 1. The van der Waals surface area contributed by atoms with Gasteiger partial charge in [0.25, 0.3) is 0 Å². The van der Waals surface area contributed by atoms with E-state index in [9.17, 15) is 9.50 Å². The minimum atomic E-state index is -1.75. The Labute approximate surface area is 109 Å². The zero-order valence-corrected chi connectivity index (χ0v) is 9.95. The maximum absolute atomic E-state index is 13.2. The summed E-state index contributed by atoms with van der Waals surface area (Å²) in [5, 5.41) is 27.3. The Balaban J connectivity index is 2.11. The van der Waals surface area contributed by atoms with Gasteiger partial charge in [0.2, 0.25) is 0 Å². The van der Waals surface area contributed by atoms with Crippen molar-refractivity contribution in [3.8, 4) is 11.5 Å². The lowest BCUT2D eigenvalue weighted by atomic mass is 9.80. The number of ether oxygens (including phenoxy) is 1. The molecule has 0 atom stereocenters. The molecule has 6 heteroatoms. The molecule has 3 N–H and O–H groups in total. The molecule has 0 amide bonds. The van der Waals surface area contributed by atoms with E-state index >= 15 is 0 Å². The van der Waals surface area contributed by atoms with Gasteiger partial charge >= 0.3 is 7.12 Å². The number of rotatable bonds is 4. The lowest BCUT2D eigenvalue weighted by Gasteiger charge is -2.08. The summed E-state index contributed by atoms with van der Waals surface area (Å²) in [5.74, 6) is -0.310. The number of phenolic OH excluding ortho intramolecular Hbond substituents is 1. The van der Waals surface area contributed by atoms with Crippen molar-refractivity contribution in [2.24, 2.45) is 0 Å². The average molecular weight is 262 g/mol. The minimum Gasteiger partial charge on any atom is -0.508 e. The Morgan fingerprint density at radius 1 is 1.11 bits per heavy atom. The zero-order valence-electron chi connectivity index (χ0n) is 9.95. The highest BCUT2D eigenvalue weighted by atomic mass is 19.1. The second kappa shape index (κ2) is 5.73. The molecule has 0 aromatic heterocycles. The fourth-order valence-corrected chi connectivity index (χ4v) is 1.63. The van der Waals surface area contributed by atoms with Crippen molar-refractivity contribution in [3.05, 3.63) is 53.8 Å². The van der Waals surface area contributed by atoms with E-state index in [4.69, 9.17) is 14.8 Å². The van der Waals surface area contributed by atoms with Gasteiger partial charge in [-0.15, -0.1) is 0 Å². The van der Waals surface area contributed by atoms with Gasteiger partial charge in [-0.3, -0.25) is 0 Å². The van der Waals surface area contributed by atoms with Gasteiger partial charge in [0.15, 0.2) is 0 Å². The lowest BCUT2D eigenvalue weighted by molar-refractivity contribution is 0.304. The summed E-state index contributed by atoms with van der Waals surface area (Å²) >= 11 is 0. The lowest BCUT2D eigenvalue weighted by Crippen LogP contribution is -2.30. The molecule has 0 aliphatic carbocycles. The van der Waals surface area contributed by atoms with Gasteiger partial charge in [-0.1, -0.05) is 12.1 Å². The molecule has 19 heavy (non-hydrogen) atoms. The van der Waals surface area contributed by atoms with E-state index in [2.05, 4.69) is 0 Å². The van der Waals surface area contributed by atoms with E-state index in [1.165, 1.54) is 18.2 Å². The van der Waals surface area contributed by atoms with Gasteiger partial charge in [0.05, 0.1) is 0 Å². The number of aromatic hydroxyl groups is 1. The molecule has 0 aliphatic rings. The maximum atomic E-state index is 13.2. The third-order valence-corrected chi connectivity index (χ3v) is 2.51. The number of hydrogen-bond donors (Lipinski definition) is 3. The molecule has 0 unspecified atom stereocenters. The standard InChI is InChI=1S/C13H12BFO4/c15-11-5-10(14(17)18)6-13(7-11)19-8-9-2-1-3-12(16)4-9/h1-7,16-18H,8H2. The summed E-state index contributed by atoms with van der Waals surface area (Å²) in [5.41, 5.74) is 0.737. The fourth-order valence-electron chi connectivity index (χ4n) is 1.63. The molecule has 0 saturated carbocycles. The fraction of sp³-hybridized carbons (Fsp3) is 0.0769. The first-order valence-electron chi connectivity index (χ1n) is 5.62. The molecule has 0 bridgehead atoms. The van der Waals surface area contributed by atoms with Gasteiger partial charge in [0, 0.05) is 6.07 Å². The predicted octanol–water partition coefficient (Wildman–Crippen LogP) is 0.790. The Morgan fingerprint density at radius 3 is 2.58 bits per heavy atom. The highest BCUT2D eigenvalue weighted by Gasteiger charge is 2.13. The Hall–Kier alpha value is -2.05. The number of benzene rings is 2. The zero-order chi connectivity index (χ0) is 13.8. The molecule has 0 radical (unpaired) electrons. The number of hydrogen-bond acceptors (Lipinski definition) is 4. The molecule has 98 valence electrons. The molecule has 0 heterocycles. The van der Waals surface area contributed by atoms with Crippen LogP contribution in [0.5, 0.6) is 11.5 Å². The average Bonchev–Trinajstić information content (AvgIpc) is 2.36. The van der Waals surface area contributed by atoms with Gasteiger partial charge in [-0.25, -0.2) is 4.39 Å². The van der Waals surface area contributed by atoms with Crippen LogP contribution in [0.1, 0.15) is 5.56 Å². The topological polar surface area (TPSA) is 69.9 Å². The molecule has 0 spiro atoms. The van der Waals surface area contributed by atoms with Crippen LogP contribution in [-0.2, 0) is 6.61 Å². The summed E-state index contributed by atoms with van der Waals surface area (Å²) in [6, 6.07) is 9.99. The van der Waals surface area contributed by atoms with Gasteiger partial charge in [-0.05, 0) is 35.3 Å². The van der Waals surface area contributed by atoms with Crippen LogP contribution in [0.15, 0.2) is 42.5 Å². The largest absolute Gasteiger partial charge is 0.508 e. The molecule has 0 fully saturated rings. The SMILES string of the molecule is OB(O)c1cc(F)cc(OCc2cccc(O)c2)c1. The summed E-state index contributed by atoms with van der Waals surface area (Å²) < 4.78 is 18.6. The van der Waals surface area contributed by atoms with Crippen molar-refractivity contribution >= 4 is 12.6 Å². The van der Waals surface area contributed by atoms with Crippen LogP contribution in [0.3, 0.4) is 0 Å². The van der Waals surface area contributed by atoms with Crippen LogP contribution in [0.2, 0.25) is 0 Å². The second-order valence-electron chi connectivity index (χ2n) is 4.05. The molecule has 2 aromatic rings. The smallest absolute Gasteiger partial charge is 0.488 e. The molecular formula is C13H12BFO4. The van der Waals surface area contributed by atoms with Crippen LogP contribution >= 0.6 is 0 Å². The second-order valence-corrected chi connectivity index (χ2v) is 4.05. The Kier molecular flexibility index (Phi) is 4.04. The summed E-state index contributed by atoms with van der Waals surface area (Å²) in [6.07, 6.45) is 0. The minimum absolute atomic E-state index is 0.0194. The number of phenols is 1. The molecule has 2 aromatic carbocycles. The van der Waals surface area contributed by atoms with Crippen molar-refractivity contribution in [2.75, 3.05) is 0 Å². The molecule has 0 aliphatic heterocycles. The van der Waals surface area contributed by atoms with Crippen LogP contribution in [0.25, 0.3) is 0 Å². The quantitative estimate of drug-likeness (QED) is 0.712. The Bertz CT molecular complexity index is 574. The third kappa shape index (κ3) is 3.71. The van der Waals surface area contributed by atoms with Crippen LogP contribution in [0.4, 0.5) is 4.39 Å². The van der Waals surface area contributed by atoms with E-state index < -0.39 is 12.9 Å². The van der Waals surface area contributed by atoms with Gasteiger partial charge < -0.3 is 19.9 Å². The van der Waals surface area contributed by atoms with E-state index in [1.807, 2.05) is 0 Å². The first-order chi connectivity index (χ1) is 9.04. The summed E-state index contributed by atoms with van der Waals surface area (Å²) in [4.78, 5) is 0. The normalized spacial score (nSPS) is 10.3. The molecule has 4 nitrogen and oxygen atoms in total. The first-order valence-corrected chi connectivity index (χ1v) is 5.62. The van der Waals surface area contributed by atoms with E-state index in [0.717, 1.165) is 17.7 Å². The van der Waals surface area contributed by atoms with Crippen LogP contribution < -0.4 is 10.2 Å². The van der Waals surface area contributed by atoms with Crippen LogP contribution in [0, 0.1) is 5.82 Å². The van der Waals surface area contributed by atoms with Gasteiger partial charge in [0.1, 0.15) is 23.9 Å². The van der Waals surface area contributed by atoms with Crippen molar-refractivity contribution in [2.45, 2.75) is 6.61 Å². The monoisotopic (exact) mass is 262 g/mol.